The number of hydrogen-bond acceptors (Lipinski definition) is 6. The van der Waals surface area contributed by atoms with Gasteiger partial charge in [-0.2, -0.15) is 0 Å². The van der Waals surface area contributed by atoms with Crippen molar-refractivity contribution < 1.29 is 9.18 Å². The van der Waals surface area contributed by atoms with Gasteiger partial charge < -0.3 is 5.32 Å². The van der Waals surface area contributed by atoms with Crippen LogP contribution in [0.2, 0.25) is 0 Å². The van der Waals surface area contributed by atoms with Crippen LogP contribution in [0.4, 0.5) is 9.52 Å². The number of carbonyl (C=O) groups excluding carboxylic acids is 1. The van der Waals surface area contributed by atoms with E-state index in [4.69, 9.17) is 0 Å². The fourth-order valence-electron chi connectivity index (χ4n) is 1.78. The van der Waals surface area contributed by atoms with E-state index in [0.29, 0.717) is 15.9 Å². The number of carbonyl (C=O) groups is 1. The zero-order chi connectivity index (χ0) is 16.1. The number of aromatic nitrogens is 3. The second-order valence-corrected chi connectivity index (χ2v) is 6.31. The van der Waals surface area contributed by atoms with E-state index >= 15 is 0 Å². The molecule has 23 heavy (non-hydrogen) atoms. The molecule has 5 nitrogen and oxygen atoms in total. The standard InChI is InChI=1S/C15H11FN4OS2/c16-11-3-1-10(2-4-11)12-7-14(19-9-18-12)23-8-13(21)20-15-17-5-6-22-15/h1-7,9H,8H2,(H,17,20,21). The fraction of sp³-hybridized carbons (Fsp3) is 0.0667. The van der Waals surface area contributed by atoms with Crippen molar-refractivity contribution in [2.45, 2.75) is 5.03 Å². The minimum absolute atomic E-state index is 0.146. The summed E-state index contributed by atoms with van der Waals surface area (Å²) in [7, 11) is 0. The smallest absolute Gasteiger partial charge is 0.236 e. The summed E-state index contributed by atoms with van der Waals surface area (Å²) < 4.78 is 13.0. The number of halogens is 1. The summed E-state index contributed by atoms with van der Waals surface area (Å²) >= 11 is 2.67. The molecule has 2 heterocycles. The first-order valence-electron chi connectivity index (χ1n) is 6.61. The highest BCUT2D eigenvalue weighted by atomic mass is 32.2. The minimum Gasteiger partial charge on any atom is -0.301 e. The van der Waals surface area contributed by atoms with E-state index in [-0.39, 0.29) is 17.5 Å². The molecule has 0 aliphatic carbocycles. The number of benzene rings is 1. The number of amides is 1. The zero-order valence-corrected chi connectivity index (χ0v) is 13.4. The molecule has 1 amide bonds. The molecule has 0 saturated carbocycles. The van der Waals surface area contributed by atoms with Crippen LogP contribution in [-0.2, 0) is 4.79 Å². The SMILES string of the molecule is O=C(CSc1cc(-c2ccc(F)cc2)ncn1)Nc1nccs1. The summed E-state index contributed by atoms with van der Waals surface area (Å²) in [5, 5.41) is 5.75. The Labute approximate surface area is 140 Å². The topological polar surface area (TPSA) is 67.8 Å². The average Bonchev–Trinajstić information content (AvgIpc) is 3.07. The summed E-state index contributed by atoms with van der Waals surface area (Å²) in [5.74, 6) is -0.220. The normalized spacial score (nSPS) is 10.5. The Morgan fingerprint density at radius 2 is 2.04 bits per heavy atom. The van der Waals surface area contributed by atoms with E-state index in [2.05, 4.69) is 20.3 Å². The molecule has 0 unspecified atom stereocenters. The summed E-state index contributed by atoms with van der Waals surface area (Å²) in [6.45, 7) is 0. The third-order valence-corrected chi connectivity index (χ3v) is 4.43. The molecular weight excluding hydrogens is 335 g/mol. The number of nitrogens with zero attached hydrogens (tertiary/aromatic N) is 3. The number of thiazole rings is 1. The summed E-state index contributed by atoms with van der Waals surface area (Å²) in [5.41, 5.74) is 1.48. The molecule has 116 valence electrons. The molecule has 0 saturated heterocycles. The van der Waals surface area contributed by atoms with Crippen LogP contribution in [0.1, 0.15) is 0 Å². The molecule has 3 rings (SSSR count). The van der Waals surface area contributed by atoms with E-state index in [0.717, 1.165) is 5.56 Å². The molecule has 2 aromatic heterocycles. The molecule has 1 aromatic carbocycles. The number of nitrogens with one attached hydrogen (secondary N) is 1. The number of rotatable bonds is 5. The second-order valence-electron chi connectivity index (χ2n) is 4.42. The van der Waals surface area contributed by atoms with E-state index in [1.807, 2.05) is 0 Å². The van der Waals surface area contributed by atoms with E-state index in [9.17, 15) is 9.18 Å². The van der Waals surface area contributed by atoms with Crippen molar-refractivity contribution in [3.63, 3.8) is 0 Å². The van der Waals surface area contributed by atoms with Gasteiger partial charge >= 0.3 is 0 Å². The first-order valence-corrected chi connectivity index (χ1v) is 8.47. The van der Waals surface area contributed by atoms with Gasteiger partial charge in [0.05, 0.1) is 11.4 Å². The zero-order valence-electron chi connectivity index (χ0n) is 11.8. The second kappa shape index (κ2) is 7.30. The van der Waals surface area contributed by atoms with Gasteiger partial charge in [0.2, 0.25) is 5.91 Å². The summed E-state index contributed by atoms with van der Waals surface area (Å²) in [6.07, 6.45) is 3.06. The summed E-state index contributed by atoms with van der Waals surface area (Å²) in [6, 6.07) is 7.84. The van der Waals surface area contributed by atoms with Crippen molar-refractivity contribution in [2.24, 2.45) is 0 Å². The van der Waals surface area contributed by atoms with Gasteiger partial charge in [-0.15, -0.1) is 11.3 Å². The highest BCUT2D eigenvalue weighted by molar-refractivity contribution is 7.99. The molecule has 0 spiro atoms. The predicted octanol–water partition coefficient (Wildman–Crippen LogP) is 3.47. The van der Waals surface area contributed by atoms with Crippen LogP contribution in [0.3, 0.4) is 0 Å². The van der Waals surface area contributed by atoms with Crippen molar-refractivity contribution >= 4 is 34.1 Å². The quantitative estimate of drug-likeness (QED) is 0.566. The van der Waals surface area contributed by atoms with Crippen LogP contribution in [0, 0.1) is 5.82 Å². The van der Waals surface area contributed by atoms with Gasteiger partial charge in [-0.05, 0) is 30.3 Å². The van der Waals surface area contributed by atoms with Gasteiger partial charge in [-0.3, -0.25) is 4.79 Å². The van der Waals surface area contributed by atoms with Gasteiger partial charge in [0.15, 0.2) is 5.13 Å². The monoisotopic (exact) mass is 346 g/mol. The van der Waals surface area contributed by atoms with Gasteiger partial charge in [-0.25, -0.2) is 19.3 Å². The Morgan fingerprint density at radius 1 is 1.22 bits per heavy atom. The Balaban J connectivity index is 1.63. The molecule has 1 N–H and O–H groups in total. The molecule has 8 heteroatoms. The van der Waals surface area contributed by atoms with E-state index < -0.39 is 0 Å². The van der Waals surface area contributed by atoms with Crippen molar-refractivity contribution in [1.82, 2.24) is 15.0 Å². The molecular formula is C15H11FN4OS2. The average molecular weight is 346 g/mol. The molecule has 0 fully saturated rings. The van der Waals surface area contributed by atoms with Gasteiger partial charge in [0.1, 0.15) is 17.2 Å². The third kappa shape index (κ3) is 4.33. The predicted molar refractivity (Wildman–Crippen MR) is 88.9 cm³/mol. The van der Waals surface area contributed by atoms with Crippen LogP contribution in [0.25, 0.3) is 11.3 Å². The van der Waals surface area contributed by atoms with E-state index in [1.165, 1.54) is 41.6 Å². The molecule has 0 atom stereocenters. The highest BCUT2D eigenvalue weighted by Gasteiger charge is 2.07. The van der Waals surface area contributed by atoms with Crippen molar-refractivity contribution in [2.75, 3.05) is 11.1 Å². The number of hydrogen-bond donors (Lipinski definition) is 1. The Hall–Kier alpha value is -2.32. The first kappa shape index (κ1) is 15.6. The lowest BCUT2D eigenvalue weighted by Crippen LogP contribution is -2.13. The minimum atomic E-state index is -0.295. The first-order chi connectivity index (χ1) is 11.2. The van der Waals surface area contributed by atoms with Gasteiger partial charge in [0, 0.05) is 17.1 Å². The fourth-order valence-corrected chi connectivity index (χ4v) is 2.99. The van der Waals surface area contributed by atoms with Crippen LogP contribution in [0.15, 0.2) is 53.3 Å². The van der Waals surface area contributed by atoms with E-state index in [1.54, 1.807) is 29.8 Å². The van der Waals surface area contributed by atoms with Crippen LogP contribution in [0.5, 0.6) is 0 Å². The van der Waals surface area contributed by atoms with Gasteiger partial charge in [0.25, 0.3) is 0 Å². The van der Waals surface area contributed by atoms with Crippen LogP contribution in [-0.4, -0.2) is 26.6 Å². The molecule has 0 bridgehead atoms. The largest absolute Gasteiger partial charge is 0.301 e. The number of anilines is 1. The maximum absolute atomic E-state index is 13.0. The Bertz CT molecular complexity index is 794. The Morgan fingerprint density at radius 3 is 2.78 bits per heavy atom. The highest BCUT2D eigenvalue weighted by Crippen LogP contribution is 2.22. The lowest BCUT2D eigenvalue weighted by molar-refractivity contribution is -0.113. The lowest BCUT2D eigenvalue weighted by atomic mass is 10.1. The lowest BCUT2D eigenvalue weighted by Gasteiger charge is -2.04. The van der Waals surface area contributed by atoms with Crippen molar-refractivity contribution in [3.05, 3.63) is 54.1 Å². The van der Waals surface area contributed by atoms with Gasteiger partial charge in [-0.1, -0.05) is 11.8 Å². The maximum Gasteiger partial charge on any atom is 0.236 e. The molecule has 0 aliphatic heterocycles. The molecule has 0 radical (unpaired) electrons. The Kier molecular flexibility index (Phi) is 4.94. The summed E-state index contributed by atoms with van der Waals surface area (Å²) in [4.78, 5) is 24.1. The molecule has 3 aromatic rings. The van der Waals surface area contributed by atoms with Crippen LogP contribution >= 0.6 is 23.1 Å². The van der Waals surface area contributed by atoms with Crippen LogP contribution < -0.4 is 5.32 Å². The number of thioether (sulfide) groups is 1. The van der Waals surface area contributed by atoms with Crippen molar-refractivity contribution in [1.29, 1.82) is 0 Å². The maximum atomic E-state index is 13.0. The van der Waals surface area contributed by atoms with Crippen molar-refractivity contribution in [3.8, 4) is 11.3 Å². The molecule has 0 aliphatic rings. The third-order valence-electron chi connectivity index (χ3n) is 2.81.